The van der Waals surface area contributed by atoms with Crippen LogP contribution in [0.5, 0.6) is 0 Å². The highest BCUT2D eigenvalue weighted by Crippen LogP contribution is 2.24. The highest BCUT2D eigenvalue weighted by molar-refractivity contribution is 5.74. The normalized spacial score (nSPS) is 12.4. The minimum atomic E-state index is 0.598. The SMILES string of the molecule is CC.COCc1ccccn1.c1ccc2oc(N3CCn4ccnc4C3)nc2c1. The quantitative estimate of drug-likeness (QED) is 0.517. The van der Waals surface area contributed by atoms with Gasteiger partial charge in [-0.15, -0.1) is 0 Å². The van der Waals surface area contributed by atoms with Crippen molar-refractivity contribution in [3.8, 4) is 0 Å². The summed E-state index contributed by atoms with van der Waals surface area (Å²) in [4.78, 5) is 15.0. The molecule has 1 aliphatic rings. The van der Waals surface area contributed by atoms with E-state index in [4.69, 9.17) is 9.15 Å². The zero-order valence-electron chi connectivity index (χ0n) is 17.2. The van der Waals surface area contributed by atoms with E-state index in [9.17, 15) is 0 Å². The highest BCUT2D eigenvalue weighted by Gasteiger charge is 2.20. The predicted octanol–water partition coefficient (Wildman–Crippen LogP) is 4.30. The molecule has 4 aromatic rings. The average Bonchev–Trinajstić information content (AvgIpc) is 3.43. The topological polar surface area (TPSA) is 69.2 Å². The molecule has 0 radical (unpaired) electrons. The van der Waals surface area contributed by atoms with Gasteiger partial charge in [0, 0.05) is 38.8 Å². The molecule has 0 bridgehead atoms. The van der Waals surface area contributed by atoms with E-state index >= 15 is 0 Å². The Labute approximate surface area is 171 Å². The maximum atomic E-state index is 5.78. The van der Waals surface area contributed by atoms with Crippen LogP contribution in [0.4, 0.5) is 6.01 Å². The first-order valence-electron chi connectivity index (χ1n) is 9.83. The van der Waals surface area contributed by atoms with Crippen LogP contribution in [0.3, 0.4) is 0 Å². The second-order valence-electron chi connectivity index (χ2n) is 6.18. The number of nitrogens with zero attached hydrogens (tertiary/aromatic N) is 5. The predicted molar refractivity (Wildman–Crippen MR) is 114 cm³/mol. The lowest BCUT2D eigenvalue weighted by molar-refractivity contribution is 0.181. The summed E-state index contributed by atoms with van der Waals surface area (Å²) in [6.45, 7) is 7.17. The average molecular weight is 393 g/mol. The number of aromatic nitrogens is 4. The molecule has 0 aliphatic carbocycles. The van der Waals surface area contributed by atoms with E-state index in [1.54, 1.807) is 13.3 Å². The Kier molecular flexibility index (Phi) is 7.35. The molecule has 29 heavy (non-hydrogen) atoms. The van der Waals surface area contributed by atoms with Gasteiger partial charge in [0.05, 0.1) is 18.8 Å². The smallest absolute Gasteiger partial charge is 0.298 e. The number of imidazole rings is 1. The Morgan fingerprint density at radius 3 is 2.59 bits per heavy atom. The minimum absolute atomic E-state index is 0.598. The van der Waals surface area contributed by atoms with Gasteiger partial charge in [0.1, 0.15) is 11.3 Å². The fourth-order valence-electron chi connectivity index (χ4n) is 2.96. The van der Waals surface area contributed by atoms with Gasteiger partial charge in [-0.2, -0.15) is 4.98 Å². The third-order valence-electron chi connectivity index (χ3n) is 4.32. The van der Waals surface area contributed by atoms with E-state index in [2.05, 4.69) is 24.4 Å². The minimum Gasteiger partial charge on any atom is -0.423 e. The number of ether oxygens (including phenoxy) is 1. The first-order valence-corrected chi connectivity index (χ1v) is 9.83. The molecule has 0 fully saturated rings. The van der Waals surface area contributed by atoms with Crippen molar-refractivity contribution < 1.29 is 9.15 Å². The molecule has 0 amide bonds. The number of fused-ring (bicyclic) bond motifs is 2. The lowest BCUT2D eigenvalue weighted by Gasteiger charge is -2.25. The van der Waals surface area contributed by atoms with Crippen molar-refractivity contribution in [3.63, 3.8) is 0 Å². The van der Waals surface area contributed by atoms with Gasteiger partial charge in [-0.25, -0.2) is 4.98 Å². The second kappa shape index (κ2) is 10.4. The number of benzene rings is 1. The van der Waals surface area contributed by atoms with Crippen LogP contribution in [0.2, 0.25) is 0 Å². The van der Waals surface area contributed by atoms with Gasteiger partial charge in [0.15, 0.2) is 5.58 Å². The molecule has 0 N–H and O–H groups in total. The van der Waals surface area contributed by atoms with Gasteiger partial charge in [-0.3, -0.25) is 4.98 Å². The van der Waals surface area contributed by atoms with E-state index in [0.717, 1.165) is 42.3 Å². The molecule has 1 aliphatic heterocycles. The Morgan fingerprint density at radius 1 is 1.00 bits per heavy atom. The van der Waals surface area contributed by atoms with Crippen LogP contribution in [0.1, 0.15) is 25.4 Å². The van der Waals surface area contributed by atoms with Crippen molar-refractivity contribution in [3.05, 3.63) is 72.6 Å². The Hall–Kier alpha value is -3.19. The number of methoxy groups -OCH3 is 1. The van der Waals surface area contributed by atoms with E-state index in [0.29, 0.717) is 12.6 Å². The molecule has 0 spiro atoms. The number of para-hydroxylation sites is 2. The number of anilines is 1. The maximum absolute atomic E-state index is 5.78. The van der Waals surface area contributed by atoms with Crippen LogP contribution in [-0.4, -0.2) is 33.2 Å². The summed E-state index contributed by atoms with van der Waals surface area (Å²) in [6, 6.07) is 14.3. The first kappa shape index (κ1) is 20.5. The summed E-state index contributed by atoms with van der Waals surface area (Å²) >= 11 is 0. The largest absolute Gasteiger partial charge is 0.423 e. The maximum Gasteiger partial charge on any atom is 0.298 e. The van der Waals surface area contributed by atoms with Crippen LogP contribution < -0.4 is 4.90 Å². The molecule has 0 saturated carbocycles. The summed E-state index contributed by atoms with van der Waals surface area (Å²) in [5.74, 6) is 1.06. The van der Waals surface area contributed by atoms with Gasteiger partial charge >= 0.3 is 0 Å². The molecule has 3 aromatic heterocycles. The lowest BCUT2D eigenvalue weighted by atomic mass is 10.3. The molecule has 7 heteroatoms. The van der Waals surface area contributed by atoms with Crippen molar-refractivity contribution in [1.29, 1.82) is 0 Å². The van der Waals surface area contributed by atoms with Gasteiger partial charge in [-0.05, 0) is 24.3 Å². The number of oxazole rings is 1. The number of hydrogen-bond acceptors (Lipinski definition) is 6. The molecule has 0 unspecified atom stereocenters. The van der Waals surface area contributed by atoms with E-state index in [1.165, 1.54) is 0 Å². The third-order valence-corrected chi connectivity index (χ3v) is 4.32. The van der Waals surface area contributed by atoms with Crippen molar-refractivity contribution in [2.24, 2.45) is 0 Å². The molecule has 5 rings (SSSR count). The van der Waals surface area contributed by atoms with Crippen LogP contribution in [0.25, 0.3) is 11.1 Å². The second-order valence-corrected chi connectivity index (χ2v) is 6.18. The summed E-state index contributed by atoms with van der Waals surface area (Å²) in [6.07, 6.45) is 5.61. The fraction of sp³-hybridized carbons (Fsp3) is 0.318. The lowest BCUT2D eigenvalue weighted by Crippen LogP contribution is -2.33. The van der Waals surface area contributed by atoms with Crippen molar-refractivity contribution in [2.45, 2.75) is 33.5 Å². The summed E-state index contributed by atoms with van der Waals surface area (Å²) in [5, 5.41) is 0. The molecular weight excluding hydrogens is 366 g/mol. The van der Waals surface area contributed by atoms with Gasteiger partial charge < -0.3 is 18.6 Å². The van der Waals surface area contributed by atoms with E-state index in [-0.39, 0.29) is 0 Å². The standard InChI is InChI=1S/C13H12N4O.C7H9NO.C2H6/c1-2-4-11-10(3-1)15-13(18-11)17-8-7-16-6-5-14-12(16)9-17;1-9-6-7-4-2-3-5-8-7;1-2/h1-6H,7-9H2;2-5H,6H2,1H3;1-2H3. The van der Waals surface area contributed by atoms with Crippen LogP contribution >= 0.6 is 0 Å². The molecule has 1 aromatic carbocycles. The number of pyridine rings is 1. The monoisotopic (exact) mass is 393 g/mol. The summed E-state index contributed by atoms with van der Waals surface area (Å²) < 4.78 is 12.8. The summed E-state index contributed by atoms with van der Waals surface area (Å²) in [5.41, 5.74) is 2.71. The van der Waals surface area contributed by atoms with Crippen LogP contribution in [-0.2, 0) is 24.4 Å². The number of hydrogen-bond donors (Lipinski definition) is 0. The highest BCUT2D eigenvalue weighted by atomic mass is 16.5. The van der Waals surface area contributed by atoms with Crippen LogP contribution in [0, 0.1) is 0 Å². The van der Waals surface area contributed by atoms with Crippen molar-refractivity contribution >= 4 is 17.1 Å². The van der Waals surface area contributed by atoms with Gasteiger partial charge in [-0.1, -0.05) is 32.0 Å². The molecular formula is C22H27N5O2. The van der Waals surface area contributed by atoms with Crippen molar-refractivity contribution in [1.82, 2.24) is 19.5 Å². The molecule has 152 valence electrons. The van der Waals surface area contributed by atoms with E-state index in [1.807, 2.05) is 68.7 Å². The Balaban J connectivity index is 0.000000186. The zero-order valence-corrected chi connectivity index (χ0v) is 17.2. The Morgan fingerprint density at radius 2 is 1.83 bits per heavy atom. The van der Waals surface area contributed by atoms with Gasteiger partial charge in [0.2, 0.25) is 0 Å². The van der Waals surface area contributed by atoms with Crippen molar-refractivity contribution in [2.75, 3.05) is 18.6 Å². The van der Waals surface area contributed by atoms with E-state index < -0.39 is 0 Å². The molecule has 7 nitrogen and oxygen atoms in total. The first-order chi connectivity index (χ1) is 14.3. The Bertz CT molecular complexity index is 964. The summed E-state index contributed by atoms with van der Waals surface area (Å²) in [7, 11) is 1.66. The van der Waals surface area contributed by atoms with Crippen LogP contribution in [0.15, 0.2) is 65.5 Å². The molecule has 0 atom stereocenters. The fourth-order valence-corrected chi connectivity index (χ4v) is 2.96. The molecule has 0 saturated heterocycles. The zero-order chi connectivity index (χ0) is 20.5. The molecule has 4 heterocycles. The number of rotatable bonds is 3. The third kappa shape index (κ3) is 5.20. The van der Waals surface area contributed by atoms with Gasteiger partial charge in [0.25, 0.3) is 6.01 Å².